The van der Waals surface area contributed by atoms with Gasteiger partial charge in [-0.25, -0.2) is 9.97 Å². The third-order valence-corrected chi connectivity index (χ3v) is 3.23. The Hall–Kier alpha value is -2.08. The molecule has 0 atom stereocenters. The fourth-order valence-corrected chi connectivity index (χ4v) is 2.05. The molecule has 2 aromatic rings. The number of amidine groups is 1. The van der Waals surface area contributed by atoms with Gasteiger partial charge in [-0.2, -0.15) is 0 Å². The van der Waals surface area contributed by atoms with E-state index in [2.05, 4.69) is 9.97 Å². The molecule has 0 amide bonds. The summed E-state index contributed by atoms with van der Waals surface area (Å²) in [6.45, 7) is 0.591. The lowest BCUT2D eigenvalue weighted by Crippen LogP contribution is -2.10. The summed E-state index contributed by atoms with van der Waals surface area (Å²) in [4.78, 5) is 7.97. The van der Waals surface area contributed by atoms with Gasteiger partial charge in [0, 0.05) is 17.5 Å². The second kappa shape index (κ2) is 6.75. The number of hydrogen-bond acceptors (Lipinski definition) is 5. The van der Waals surface area contributed by atoms with Gasteiger partial charge in [-0.1, -0.05) is 0 Å². The Morgan fingerprint density at radius 2 is 2.05 bits per heavy atom. The van der Waals surface area contributed by atoms with Crippen LogP contribution in [0.1, 0.15) is 5.56 Å². The minimum absolute atomic E-state index is 0.0610. The number of aromatic nitrogens is 2. The Labute approximate surface area is 115 Å². The van der Waals surface area contributed by atoms with E-state index in [-0.39, 0.29) is 5.84 Å². The van der Waals surface area contributed by atoms with Crippen molar-refractivity contribution in [2.75, 3.05) is 12.4 Å². The zero-order valence-corrected chi connectivity index (χ0v) is 11.1. The van der Waals surface area contributed by atoms with Crippen molar-refractivity contribution < 1.29 is 4.74 Å². The topological polar surface area (TPSA) is 84.9 Å². The molecule has 0 aliphatic carbocycles. The number of nitrogens with one attached hydrogen (secondary N) is 1. The molecule has 3 N–H and O–H groups in total. The molecular weight excluding hydrogens is 260 g/mol. The summed E-state index contributed by atoms with van der Waals surface area (Å²) >= 11 is 1.62. The average molecular weight is 274 g/mol. The number of hydrogen-bond donors (Lipinski definition) is 2. The van der Waals surface area contributed by atoms with Crippen molar-refractivity contribution >= 4 is 17.6 Å². The van der Waals surface area contributed by atoms with Crippen LogP contribution < -0.4 is 10.5 Å². The number of rotatable bonds is 6. The smallest absolute Gasteiger partial charge is 0.122 e. The van der Waals surface area contributed by atoms with E-state index in [1.54, 1.807) is 30.1 Å². The van der Waals surface area contributed by atoms with Crippen molar-refractivity contribution in [2.45, 2.75) is 5.03 Å². The standard InChI is InChI=1S/C13H14N4OS/c14-13(15)10-1-3-11(4-2-10)18-7-8-19-12-5-6-16-9-17-12/h1-6,9H,7-8H2,(H3,14,15). The summed E-state index contributed by atoms with van der Waals surface area (Å²) in [5.74, 6) is 1.64. The molecule has 0 radical (unpaired) electrons. The fourth-order valence-electron chi connectivity index (χ4n) is 1.40. The van der Waals surface area contributed by atoms with Crippen LogP contribution in [0.4, 0.5) is 0 Å². The van der Waals surface area contributed by atoms with E-state index in [0.717, 1.165) is 16.5 Å². The molecule has 1 heterocycles. The molecule has 0 aliphatic heterocycles. The van der Waals surface area contributed by atoms with E-state index >= 15 is 0 Å². The maximum absolute atomic E-state index is 7.29. The molecule has 0 aliphatic rings. The van der Waals surface area contributed by atoms with E-state index in [1.165, 1.54) is 6.33 Å². The number of nitrogens with two attached hydrogens (primary N) is 1. The number of nitrogen functional groups attached to an aromatic ring is 1. The lowest BCUT2D eigenvalue weighted by molar-refractivity contribution is 0.344. The molecule has 2 rings (SSSR count). The van der Waals surface area contributed by atoms with E-state index in [0.29, 0.717) is 12.2 Å². The van der Waals surface area contributed by atoms with Gasteiger partial charge in [0.2, 0.25) is 0 Å². The largest absolute Gasteiger partial charge is 0.493 e. The van der Waals surface area contributed by atoms with Crippen LogP contribution in [0.15, 0.2) is 47.9 Å². The first-order chi connectivity index (χ1) is 9.25. The van der Waals surface area contributed by atoms with Crippen LogP contribution in [0.25, 0.3) is 0 Å². The van der Waals surface area contributed by atoms with Crippen LogP contribution in [-0.4, -0.2) is 28.2 Å². The minimum Gasteiger partial charge on any atom is -0.493 e. The first-order valence-corrected chi connectivity index (χ1v) is 6.70. The Bertz CT molecular complexity index is 530. The molecule has 0 fully saturated rings. The Kier molecular flexibility index (Phi) is 4.74. The highest BCUT2D eigenvalue weighted by Gasteiger charge is 1.99. The highest BCUT2D eigenvalue weighted by molar-refractivity contribution is 7.99. The number of ether oxygens (including phenoxy) is 1. The third-order valence-electron chi connectivity index (χ3n) is 2.32. The lowest BCUT2D eigenvalue weighted by atomic mass is 10.2. The van der Waals surface area contributed by atoms with E-state index in [4.69, 9.17) is 15.9 Å². The molecular formula is C13H14N4OS. The Balaban J connectivity index is 1.75. The second-order valence-electron chi connectivity index (χ2n) is 3.68. The van der Waals surface area contributed by atoms with Gasteiger partial charge in [0.15, 0.2) is 0 Å². The van der Waals surface area contributed by atoms with Gasteiger partial charge in [-0.15, -0.1) is 11.8 Å². The quantitative estimate of drug-likeness (QED) is 0.276. The fraction of sp³-hybridized carbons (Fsp3) is 0.154. The van der Waals surface area contributed by atoms with E-state index in [9.17, 15) is 0 Å². The number of thioether (sulfide) groups is 1. The van der Waals surface area contributed by atoms with E-state index < -0.39 is 0 Å². The average Bonchev–Trinajstić information content (AvgIpc) is 2.45. The maximum atomic E-state index is 7.29. The second-order valence-corrected chi connectivity index (χ2v) is 4.80. The van der Waals surface area contributed by atoms with Crippen LogP contribution in [-0.2, 0) is 0 Å². The van der Waals surface area contributed by atoms with Crippen LogP contribution in [0, 0.1) is 5.41 Å². The van der Waals surface area contributed by atoms with Gasteiger partial charge in [0.05, 0.1) is 11.6 Å². The van der Waals surface area contributed by atoms with Crippen LogP contribution in [0.3, 0.4) is 0 Å². The monoisotopic (exact) mass is 274 g/mol. The van der Waals surface area contributed by atoms with Crippen LogP contribution in [0.2, 0.25) is 0 Å². The molecule has 1 aromatic heterocycles. The zero-order chi connectivity index (χ0) is 13.5. The molecule has 0 spiro atoms. The van der Waals surface area contributed by atoms with Gasteiger partial charge in [-0.05, 0) is 30.3 Å². The molecule has 1 aromatic carbocycles. The number of benzene rings is 1. The predicted molar refractivity (Wildman–Crippen MR) is 75.7 cm³/mol. The summed E-state index contributed by atoms with van der Waals surface area (Å²) in [6, 6.07) is 9.04. The highest BCUT2D eigenvalue weighted by Crippen LogP contribution is 2.15. The van der Waals surface area contributed by atoms with Gasteiger partial charge in [-0.3, -0.25) is 5.41 Å². The third kappa shape index (κ3) is 4.26. The van der Waals surface area contributed by atoms with Gasteiger partial charge in [0.25, 0.3) is 0 Å². The van der Waals surface area contributed by atoms with Crippen molar-refractivity contribution in [1.29, 1.82) is 5.41 Å². The Morgan fingerprint density at radius 1 is 1.26 bits per heavy atom. The predicted octanol–water partition coefficient (Wildman–Crippen LogP) is 1.93. The Morgan fingerprint density at radius 3 is 2.68 bits per heavy atom. The van der Waals surface area contributed by atoms with Crippen molar-refractivity contribution in [3.05, 3.63) is 48.4 Å². The summed E-state index contributed by atoms with van der Waals surface area (Å²) in [6.07, 6.45) is 3.25. The van der Waals surface area contributed by atoms with E-state index in [1.807, 2.05) is 18.2 Å². The first-order valence-electron chi connectivity index (χ1n) is 5.72. The normalized spacial score (nSPS) is 10.1. The van der Waals surface area contributed by atoms with Gasteiger partial charge in [0.1, 0.15) is 17.9 Å². The van der Waals surface area contributed by atoms with Crippen molar-refractivity contribution in [3.8, 4) is 5.75 Å². The SMILES string of the molecule is N=C(N)c1ccc(OCCSc2ccncn2)cc1. The van der Waals surface area contributed by atoms with Crippen LogP contribution >= 0.6 is 11.8 Å². The summed E-state index contributed by atoms with van der Waals surface area (Å²) in [5, 5.41) is 8.23. The van der Waals surface area contributed by atoms with Gasteiger partial charge < -0.3 is 10.5 Å². The molecule has 0 unspecified atom stereocenters. The molecule has 6 heteroatoms. The molecule has 0 bridgehead atoms. The molecule has 19 heavy (non-hydrogen) atoms. The van der Waals surface area contributed by atoms with Crippen molar-refractivity contribution in [3.63, 3.8) is 0 Å². The summed E-state index contributed by atoms with van der Waals surface area (Å²) in [7, 11) is 0. The molecule has 0 saturated heterocycles. The molecule has 5 nitrogen and oxygen atoms in total. The lowest BCUT2D eigenvalue weighted by Gasteiger charge is -2.06. The van der Waals surface area contributed by atoms with Crippen LogP contribution in [0.5, 0.6) is 5.75 Å². The highest BCUT2D eigenvalue weighted by atomic mass is 32.2. The summed E-state index contributed by atoms with van der Waals surface area (Å²) in [5.41, 5.74) is 6.07. The maximum Gasteiger partial charge on any atom is 0.122 e. The zero-order valence-electron chi connectivity index (χ0n) is 10.2. The van der Waals surface area contributed by atoms with Gasteiger partial charge >= 0.3 is 0 Å². The summed E-state index contributed by atoms with van der Waals surface area (Å²) < 4.78 is 5.59. The molecule has 98 valence electrons. The van der Waals surface area contributed by atoms with Crippen molar-refractivity contribution in [1.82, 2.24) is 9.97 Å². The number of nitrogens with zero attached hydrogens (tertiary/aromatic N) is 2. The first kappa shape index (κ1) is 13.4. The van der Waals surface area contributed by atoms with Crippen molar-refractivity contribution in [2.24, 2.45) is 5.73 Å². The molecule has 0 saturated carbocycles. The minimum atomic E-state index is 0.0610.